The van der Waals surface area contributed by atoms with Crippen LogP contribution in [0.1, 0.15) is 25.4 Å². The fraction of sp³-hybridized carbons (Fsp3) is 0.371. The SMILES string of the molecule is CO/N=C(\C(=O)NC1C(=O)N2C(C(=O)OCC3=C(C(=O)OC(C)OC(C)=O)N4C(=O)C(NC(=O)/C(=N\OC)c5ccco5)C4SC3)=C(COC(N)=O)CSC12)c1ccco1. The van der Waals surface area contributed by atoms with Crippen LogP contribution in [-0.4, -0.2) is 137 Å². The number of thioether (sulfide) groups is 2. The molecule has 5 unspecified atom stereocenters. The van der Waals surface area contributed by atoms with E-state index in [1.807, 2.05) is 0 Å². The number of primary amides is 1. The van der Waals surface area contributed by atoms with Crippen molar-refractivity contribution in [3.63, 3.8) is 0 Å². The van der Waals surface area contributed by atoms with Crippen LogP contribution in [0, 0.1) is 0 Å². The van der Waals surface area contributed by atoms with E-state index in [1.165, 1.54) is 57.9 Å². The Bertz CT molecular complexity index is 2200. The Morgan fingerprint density at radius 3 is 1.67 bits per heavy atom. The lowest BCUT2D eigenvalue weighted by molar-refractivity contribution is -0.182. The molecule has 2 fully saturated rings. The van der Waals surface area contributed by atoms with E-state index in [2.05, 4.69) is 20.9 Å². The molecule has 0 radical (unpaired) electrons. The minimum Gasteiger partial charge on any atom is -0.462 e. The number of carbonyl (C=O) groups excluding carboxylic acids is 8. The second-order valence-electron chi connectivity index (χ2n) is 12.6. The lowest BCUT2D eigenvalue weighted by Crippen LogP contribution is -2.71. The van der Waals surface area contributed by atoms with E-state index >= 15 is 0 Å². The molecule has 6 rings (SSSR count). The molecule has 4 aliphatic rings. The Morgan fingerprint density at radius 1 is 0.783 bits per heavy atom. The Balaban J connectivity index is 1.22. The molecular weight excluding hydrogens is 839 g/mol. The van der Waals surface area contributed by atoms with E-state index < -0.39 is 90.0 Å². The van der Waals surface area contributed by atoms with Crippen LogP contribution in [0.4, 0.5) is 4.79 Å². The van der Waals surface area contributed by atoms with Crippen LogP contribution in [-0.2, 0) is 62.2 Å². The second kappa shape index (κ2) is 18.4. The minimum absolute atomic E-state index is 0.0215. The number of nitrogens with two attached hydrogens (primary N) is 1. The van der Waals surface area contributed by atoms with E-state index in [-0.39, 0.29) is 57.0 Å². The molecule has 60 heavy (non-hydrogen) atoms. The molecule has 318 valence electrons. The van der Waals surface area contributed by atoms with Gasteiger partial charge in [0.05, 0.1) is 12.5 Å². The van der Waals surface area contributed by atoms with Crippen molar-refractivity contribution in [1.29, 1.82) is 0 Å². The molecule has 0 saturated carbocycles. The molecule has 5 atom stereocenters. The number of nitrogens with one attached hydrogen (secondary N) is 2. The van der Waals surface area contributed by atoms with Crippen LogP contribution >= 0.6 is 23.5 Å². The Labute approximate surface area is 346 Å². The van der Waals surface area contributed by atoms with Gasteiger partial charge in [-0.25, -0.2) is 14.4 Å². The van der Waals surface area contributed by atoms with Gasteiger partial charge in [0.2, 0.25) is 17.7 Å². The summed E-state index contributed by atoms with van der Waals surface area (Å²) in [5, 5.41) is 10.8. The van der Waals surface area contributed by atoms with Crippen molar-refractivity contribution < 1.29 is 75.8 Å². The Kier molecular flexibility index (Phi) is 13.2. The van der Waals surface area contributed by atoms with Crippen LogP contribution in [0.25, 0.3) is 0 Å². The average molecular weight is 874 g/mol. The zero-order valence-electron chi connectivity index (χ0n) is 31.9. The number of fused-ring (bicyclic) bond motifs is 2. The fourth-order valence-electron chi connectivity index (χ4n) is 6.23. The summed E-state index contributed by atoms with van der Waals surface area (Å²) in [7, 11) is 2.43. The molecule has 4 aliphatic heterocycles. The van der Waals surface area contributed by atoms with Gasteiger partial charge in [-0.2, -0.15) is 0 Å². The zero-order valence-corrected chi connectivity index (χ0v) is 33.5. The van der Waals surface area contributed by atoms with Crippen molar-refractivity contribution in [3.8, 4) is 0 Å². The number of nitrogens with zero attached hydrogens (tertiary/aromatic N) is 4. The summed E-state index contributed by atoms with van der Waals surface area (Å²) in [4.78, 5) is 116. The van der Waals surface area contributed by atoms with Gasteiger partial charge in [0, 0.05) is 36.5 Å². The van der Waals surface area contributed by atoms with Gasteiger partial charge in [0.15, 0.2) is 11.5 Å². The maximum Gasteiger partial charge on any atom is 0.404 e. The van der Waals surface area contributed by atoms with Crippen molar-refractivity contribution in [2.24, 2.45) is 16.0 Å². The quantitative estimate of drug-likeness (QED) is 0.0486. The third kappa shape index (κ3) is 8.80. The number of β-lactam (4-membered cyclic amide) rings is 2. The first-order valence-electron chi connectivity index (χ1n) is 17.5. The number of esters is 3. The normalized spacial score (nSPS) is 21.7. The van der Waals surface area contributed by atoms with Crippen LogP contribution in [0.5, 0.6) is 0 Å². The standard InChI is InChI=1S/C35H35N7O16S2/c1-15(43)57-16(2)58-34(49)26-17(13-59-32-24(30(47)42(26)32)38-28(45)22(40-52-4)20-8-6-10-54-20)11-55-33(48)25-18(12-56-35(36)50)14-60-31-23(29(46)41(25)31)37-27(44)21(39-51-3)19-7-5-9-53-19/h5-10,16,23-24,31-32H,11-14H2,1-4H3,(H2,36,50)(H,37,44)(H,38,45)/b39-21-,40-22-. The molecule has 5 amide bonds. The molecule has 4 N–H and O–H groups in total. The molecule has 0 spiro atoms. The summed E-state index contributed by atoms with van der Waals surface area (Å²) >= 11 is 2.25. The molecule has 25 heteroatoms. The van der Waals surface area contributed by atoms with Crippen LogP contribution < -0.4 is 16.4 Å². The first kappa shape index (κ1) is 42.8. The highest BCUT2D eigenvalue weighted by Crippen LogP contribution is 2.43. The topological polar surface area (TPSA) is 300 Å². The Hall–Kier alpha value is -6.76. The first-order chi connectivity index (χ1) is 28.7. The lowest BCUT2D eigenvalue weighted by Gasteiger charge is -2.50. The zero-order chi connectivity index (χ0) is 43.2. The maximum atomic E-state index is 13.9. The summed E-state index contributed by atoms with van der Waals surface area (Å²) in [6.07, 6.45) is 0.0629. The number of carbonyl (C=O) groups is 8. The van der Waals surface area contributed by atoms with E-state index in [1.54, 1.807) is 0 Å². The highest BCUT2D eigenvalue weighted by molar-refractivity contribution is 8.00. The predicted octanol–water partition coefficient (Wildman–Crippen LogP) is -0.327. The lowest BCUT2D eigenvalue weighted by atomic mass is 10.0. The van der Waals surface area contributed by atoms with E-state index in [4.69, 9.17) is 43.2 Å². The minimum atomic E-state index is -1.40. The molecule has 2 aromatic rings. The van der Waals surface area contributed by atoms with Gasteiger partial charge in [0.25, 0.3) is 23.6 Å². The van der Waals surface area contributed by atoms with Crippen molar-refractivity contribution >= 4 is 82.6 Å². The van der Waals surface area contributed by atoms with Gasteiger partial charge < -0.3 is 53.8 Å². The largest absolute Gasteiger partial charge is 0.462 e. The Morgan fingerprint density at radius 2 is 1.25 bits per heavy atom. The van der Waals surface area contributed by atoms with Gasteiger partial charge in [-0.3, -0.25) is 33.8 Å². The monoisotopic (exact) mass is 873 g/mol. The van der Waals surface area contributed by atoms with Gasteiger partial charge in [-0.15, -0.1) is 23.5 Å². The molecule has 0 bridgehead atoms. The van der Waals surface area contributed by atoms with Crippen molar-refractivity contribution in [3.05, 3.63) is 70.9 Å². The van der Waals surface area contributed by atoms with Crippen LogP contribution in [0.15, 0.2) is 78.5 Å². The first-order valence-corrected chi connectivity index (χ1v) is 19.6. The van der Waals surface area contributed by atoms with Crippen LogP contribution in [0.3, 0.4) is 0 Å². The molecule has 2 saturated heterocycles. The highest BCUT2D eigenvalue weighted by Gasteiger charge is 2.57. The van der Waals surface area contributed by atoms with Gasteiger partial charge in [0.1, 0.15) is 61.7 Å². The summed E-state index contributed by atoms with van der Waals surface area (Å²) in [5.41, 5.74) is 4.20. The van der Waals surface area contributed by atoms with Crippen molar-refractivity contribution in [2.45, 2.75) is 43.0 Å². The van der Waals surface area contributed by atoms with E-state index in [9.17, 15) is 38.4 Å². The fourth-order valence-corrected chi connectivity index (χ4v) is 8.89. The smallest absolute Gasteiger partial charge is 0.404 e. The van der Waals surface area contributed by atoms with E-state index in [0.29, 0.717) is 0 Å². The molecule has 0 aliphatic carbocycles. The number of ether oxygens (including phenoxy) is 4. The van der Waals surface area contributed by atoms with Gasteiger partial charge in [-0.05, 0) is 24.3 Å². The highest BCUT2D eigenvalue weighted by atomic mass is 32.2. The molecule has 0 aromatic carbocycles. The third-order valence-corrected chi connectivity index (χ3v) is 11.4. The van der Waals surface area contributed by atoms with Gasteiger partial charge >= 0.3 is 24.0 Å². The van der Waals surface area contributed by atoms with Crippen molar-refractivity contribution in [2.75, 3.05) is 38.9 Å². The predicted molar refractivity (Wildman–Crippen MR) is 202 cm³/mol. The number of hydrogen-bond donors (Lipinski definition) is 3. The number of oxime groups is 2. The number of hydrogen-bond acceptors (Lipinski definition) is 20. The third-order valence-electron chi connectivity index (χ3n) is 8.73. The maximum absolute atomic E-state index is 13.9. The van der Waals surface area contributed by atoms with Gasteiger partial charge in [-0.1, -0.05) is 10.3 Å². The molecule has 6 heterocycles. The molecule has 23 nitrogen and oxygen atoms in total. The summed E-state index contributed by atoms with van der Waals surface area (Å²) in [5.74, 6) is -6.01. The number of rotatable bonds is 16. The summed E-state index contributed by atoms with van der Waals surface area (Å²) < 4.78 is 31.4. The summed E-state index contributed by atoms with van der Waals surface area (Å²) in [6.45, 7) is 1.22. The number of amides is 5. The van der Waals surface area contributed by atoms with E-state index in [0.717, 1.165) is 40.2 Å². The molecular formula is C35H35N7O16S2. The average Bonchev–Trinajstić information content (AvgIpc) is 3.96. The second-order valence-corrected chi connectivity index (χ2v) is 14.8. The van der Waals surface area contributed by atoms with Crippen LogP contribution in [0.2, 0.25) is 0 Å². The summed E-state index contributed by atoms with van der Waals surface area (Å²) in [6, 6.07) is 3.63. The van der Waals surface area contributed by atoms with Crippen molar-refractivity contribution in [1.82, 2.24) is 20.4 Å². The molecule has 2 aromatic heterocycles. The number of furan rings is 2.